The molecule has 1 aliphatic heterocycles. The van der Waals surface area contributed by atoms with E-state index >= 15 is 0 Å². The molecule has 0 saturated carbocycles. The fourth-order valence-electron chi connectivity index (χ4n) is 2.54. The predicted octanol–water partition coefficient (Wildman–Crippen LogP) is 1.78. The zero-order valence-electron chi connectivity index (χ0n) is 10.3. The maximum absolute atomic E-state index is 12.1. The highest BCUT2D eigenvalue weighted by Gasteiger charge is 2.48. The highest BCUT2D eigenvalue weighted by Crippen LogP contribution is 2.42. The summed E-state index contributed by atoms with van der Waals surface area (Å²) in [5, 5.41) is 9.39. The van der Waals surface area contributed by atoms with Gasteiger partial charge in [0.2, 0.25) is 5.91 Å². The highest BCUT2D eigenvalue weighted by atomic mass is 16.3. The first-order valence-corrected chi connectivity index (χ1v) is 6.22. The molecule has 0 aliphatic carbocycles. The number of carbonyl (C=O) groups is 1. The Kier molecular flexibility index (Phi) is 3.01. The van der Waals surface area contributed by atoms with Gasteiger partial charge in [-0.3, -0.25) is 9.78 Å². The van der Waals surface area contributed by atoms with Gasteiger partial charge in [0, 0.05) is 18.1 Å². The molecule has 3 rings (SSSR count). The van der Waals surface area contributed by atoms with Gasteiger partial charge in [0.15, 0.2) is 0 Å². The molecule has 1 amide bonds. The Morgan fingerprint density at radius 2 is 1.79 bits per heavy atom. The zero-order chi connectivity index (χ0) is 13.2. The van der Waals surface area contributed by atoms with Gasteiger partial charge in [-0.2, -0.15) is 0 Å². The van der Waals surface area contributed by atoms with Crippen LogP contribution in [-0.2, 0) is 4.79 Å². The first kappa shape index (κ1) is 11.9. The number of nitrogens with zero attached hydrogens (tertiary/aromatic N) is 2. The molecule has 0 radical (unpaired) electrons. The second-order valence-corrected chi connectivity index (χ2v) is 4.56. The summed E-state index contributed by atoms with van der Waals surface area (Å²) in [7, 11) is 0. The van der Waals surface area contributed by atoms with Crippen molar-refractivity contribution in [3.8, 4) is 0 Å². The second kappa shape index (κ2) is 4.82. The molecule has 1 N–H and O–H groups in total. The minimum absolute atomic E-state index is 0.0319. The summed E-state index contributed by atoms with van der Waals surface area (Å²) >= 11 is 0. The molecule has 1 saturated heterocycles. The van der Waals surface area contributed by atoms with E-state index in [4.69, 9.17) is 0 Å². The molecule has 96 valence electrons. The first-order chi connectivity index (χ1) is 9.33. The molecular formula is C15H14N2O2. The van der Waals surface area contributed by atoms with E-state index in [0.29, 0.717) is 0 Å². The Morgan fingerprint density at radius 1 is 1.11 bits per heavy atom. The van der Waals surface area contributed by atoms with Gasteiger partial charge in [-0.25, -0.2) is 0 Å². The van der Waals surface area contributed by atoms with Crippen molar-refractivity contribution in [2.45, 2.75) is 6.04 Å². The summed E-state index contributed by atoms with van der Waals surface area (Å²) in [6.07, 6.45) is 3.41. The normalized spacial score (nSPS) is 22.2. The smallest absolute Gasteiger partial charge is 0.235 e. The topological polar surface area (TPSA) is 53.4 Å². The van der Waals surface area contributed by atoms with Crippen LogP contribution in [0.4, 0.5) is 5.69 Å². The fourth-order valence-corrected chi connectivity index (χ4v) is 2.54. The largest absolute Gasteiger partial charge is 0.395 e. The van der Waals surface area contributed by atoms with Crippen molar-refractivity contribution in [3.63, 3.8) is 0 Å². The molecule has 4 nitrogen and oxygen atoms in total. The van der Waals surface area contributed by atoms with Crippen LogP contribution in [-0.4, -0.2) is 22.6 Å². The Hall–Kier alpha value is -2.20. The zero-order valence-corrected chi connectivity index (χ0v) is 10.3. The van der Waals surface area contributed by atoms with E-state index in [9.17, 15) is 9.90 Å². The van der Waals surface area contributed by atoms with Crippen LogP contribution in [0.3, 0.4) is 0 Å². The molecule has 1 aliphatic rings. The number of carbonyl (C=O) groups excluding carboxylic acids is 1. The molecule has 1 aromatic heterocycles. The minimum Gasteiger partial charge on any atom is -0.395 e. The molecular weight excluding hydrogens is 240 g/mol. The molecule has 2 aromatic rings. The Morgan fingerprint density at radius 3 is 2.42 bits per heavy atom. The lowest BCUT2D eigenvalue weighted by molar-refractivity contribution is -0.132. The summed E-state index contributed by atoms with van der Waals surface area (Å²) in [4.78, 5) is 17.8. The second-order valence-electron chi connectivity index (χ2n) is 4.56. The number of benzene rings is 1. The van der Waals surface area contributed by atoms with Crippen LogP contribution in [0.25, 0.3) is 0 Å². The fraction of sp³-hybridized carbons (Fsp3) is 0.200. The van der Waals surface area contributed by atoms with E-state index in [0.717, 1.165) is 11.3 Å². The molecule has 19 heavy (non-hydrogen) atoms. The number of pyridine rings is 1. The quantitative estimate of drug-likeness (QED) is 0.849. The SMILES string of the molecule is O=C1[C@@H](CO)[C@H](c2ccncc2)N1c1ccccc1. The third kappa shape index (κ3) is 1.90. The van der Waals surface area contributed by atoms with Gasteiger partial charge in [0.25, 0.3) is 0 Å². The van der Waals surface area contributed by atoms with E-state index in [1.54, 1.807) is 17.3 Å². The number of aromatic nitrogens is 1. The van der Waals surface area contributed by atoms with Gasteiger partial charge >= 0.3 is 0 Å². The summed E-state index contributed by atoms with van der Waals surface area (Å²) in [6.45, 7) is -0.130. The van der Waals surface area contributed by atoms with Crippen molar-refractivity contribution in [1.82, 2.24) is 4.98 Å². The van der Waals surface area contributed by atoms with Crippen LogP contribution in [0.1, 0.15) is 11.6 Å². The molecule has 4 heteroatoms. The molecule has 1 aromatic carbocycles. The van der Waals surface area contributed by atoms with Gasteiger partial charge in [-0.1, -0.05) is 18.2 Å². The average molecular weight is 254 g/mol. The van der Waals surface area contributed by atoms with E-state index in [1.165, 1.54) is 0 Å². The van der Waals surface area contributed by atoms with Crippen LogP contribution in [0.5, 0.6) is 0 Å². The van der Waals surface area contributed by atoms with Gasteiger partial charge in [0.1, 0.15) is 0 Å². The van der Waals surface area contributed by atoms with Crippen molar-refractivity contribution in [2.24, 2.45) is 5.92 Å². The van der Waals surface area contributed by atoms with Gasteiger partial charge in [-0.05, 0) is 29.8 Å². The Bertz CT molecular complexity index is 571. The Labute approximate surface area is 111 Å². The number of rotatable bonds is 3. The summed E-state index contributed by atoms with van der Waals surface area (Å²) in [5.74, 6) is -0.391. The number of aliphatic hydroxyl groups is 1. The third-order valence-electron chi connectivity index (χ3n) is 3.49. The third-order valence-corrected chi connectivity index (χ3v) is 3.49. The standard InChI is InChI=1S/C15H14N2O2/c18-10-13-14(11-6-8-16-9-7-11)17(15(13)19)12-4-2-1-3-5-12/h1-9,13-14,18H,10H2/t13-,14-/m0/s1. The van der Waals surface area contributed by atoms with Gasteiger partial charge < -0.3 is 10.0 Å². The number of anilines is 1. The minimum atomic E-state index is -0.359. The summed E-state index contributed by atoms with van der Waals surface area (Å²) in [5.41, 5.74) is 1.86. The number of β-lactam (4-membered cyclic amide) rings is 1. The van der Waals surface area contributed by atoms with Crippen molar-refractivity contribution < 1.29 is 9.90 Å². The lowest BCUT2D eigenvalue weighted by atomic mass is 9.82. The first-order valence-electron chi connectivity index (χ1n) is 6.22. The van der Waals surface area contributed by atoms with Crippen molar-refractivity contribution in [3.05, 3.63) is 60.4 Å². The number of amides is 1. The molecule has 2 atom stereocenters. The van der Waals surface area contributed by atoms with Crippen LogP contribution >= 0.6 is 0 Å². The number of hydrogen-bond donors (Lipinski definition) is 1. The van der Waals surface area contributed by atoms with Crippen molar-refractivity contribution in [2.75, 3.05) is 11.5 Å². The summed E-state index contributed by atoms with van der Waals surface area (Å²) in [6, 6.07) is 13.2. The maximum Gasteiger partial charge on any atom is 0.235 e. The molecule has 0 unspecified atom stereocenters. The van der Waals surface area contributed by atoms with Crippen LogP contribution < -0.4 is 4.90 Å². The summed E-state index contributed by atoms with van der Waals surface area (Å²) < 4.78 is 0. The van der Waals surface area contributed by atoms with Crippen LogP contribution in [0, 0.1) is 5.92 Å². The average Bonchev–Trinajstić information content (AvgIpc) is 2.47. The van der Waals surface area contributed by atoms with E-state index < -0.39 is 0 Å². The van der Waals surface area contributed by atoms with Crippen LogP contribution in [0.2, 0.25) is 0 Å². The maximum atomic E-state index is 12.1. The molecule has 1 fully saturated rings. The molecule has 0 bridgehead atoms. The number of para-hydroxylation sites is 1. The van der Waals surface area contributed by atoms with E-state index in [-0.39, 0.29) is 24.5 Å². The monoisotopic (exact) mass is 254 g/mol. The molecule has 0 spiro atoms. The van der Waals surface area contributed by atoms with Crippen molar-refractivity contribution >= 4 is 11.6 Å². The van der Waals surface area contributed by atoms with Gasteiger partial charge in [-0.15, -0.1) is 0 Å². The van der Waals surface area contributed by atoms with E-state index in [2.05, 4.69) is 4.98 Å². The Balaban J connectivity index is 1.98. The van der Waals surface area contributed by atoms with E-state index in [1.807, 2.05) is 42.5 Å². The van der Waals surface area contributed by atoms with Crippen LogP contribution in [0.15, 0.2) is 54.9 Å². The lowest BCUT2D eigenvalue weighted by Gasteiger charge is -2.46. The van der Waals surface area contributed by atoms with Crippen molar-refractivity contribution in [1.29, 1.82) is 0 Å². The molecule has 2 heterocycles. The predicted molar refractivity (Wildman–Crippen MR) is 71.5 cm³/mol. The number of hydrogen-bond acceptors (Lipinski definition) is 3. The van der Waals surface area contributed by atoms with Gasteiger partial charge in [0.05, 0.1) is 18.6 Å². The number of aliphatic hydroxyl groups excluding tert-OH is 1. The lowest BCUT2D eigenvalue weighted by Crippen LogP contribution is -2.56. The highest BCUT2D eigenvalue weighted by molar-refractivity contribution is 6.03.